The Kier molecular flexibility index (Phi) is 7.26. The largest absolute Gasteiger partial charge is 0.496 e. The Morgan fingerprint density at radius 3 is 2.00 bits per heavy atom. The minimum atomic E-state index is -0.286. The van der Waals surface area contributed by atoms with E-state index in [-0.39, 0.29) is 5.97 Å². The SMILES string of the molecule is CCCCCC(c1ccc(OC)c(C)c1)c1ccc(OC(C)=O)c(C)c1. The second-order valence-corrected chi connectivity index (χ2v) is 6.90. The van der Waals surface area contributed by atoms with E-state index in [0.717, 1.165) is 23.3 Å². The van der Waals surface area contributed by atoms with Crippen LogP contribution in [0.5, 0.6) is 11.5 Å². The molecule has 0 heterocycles. The summed E-state index contributed by atoms with van der Waals surface area (Å²) in [5.74, 6) is 1.60. The first-order valence-corrected chi connectivity index (χ1v) is 9.39. The molecule has 0 bridgehead atoms. The van der Waals surface area contributed by atoms with Crippen molar-refractivity contribution in [3.05, 3.63) is 58.7 Å². The van der Waals surface area contributed by atoms with E-state index >= 15 is 0 Å². The highest BCUT2D eigenvalue weighted by molar-refractivity contribution is 5.69. The Labute approximate surface area is 157 Å². The van der Waals surface area contributed by atoms with Crippen molar-refractivity contribution < 1.29 is 14.3 Å². The molecule has 26 heavy (non-hydrogen) atoms. The summed E-state index contributed by atoms with van der Waals surface area (Å²) in [6.07, 6.45) is 4.73. The molecule has 1 atom stereocenters. The van der Waals surface area contributed by atoms with Crippen LogP contribution in [0.3, 0.4) is 0 Å². The van der Waals surface area contributed by atoms with Gasteiger partial charge in [0.1, 0.15) is 11.5 Å². The van der Waals surface area contributed by atoms with Gasteiger partial charge in [0, 0.05) is 12.8 Å². The maximum atomic E-state index is 11.2. The minimum absolute atomic E-state index is 0.286. The van der Waals surface area contributed by atoms with Crippen molar-refractivity contribution in [2.75, 3.05) is 7.11 Å². The number of rotatable bonds is 8. The molecule has 140 valence electrons. The topological polar surface area (TPSA) is 35.5 Å². The zero-order chi connectivity index (χ0) is 19.1. The molecule has 0 radical (unpaired) electrons. The maximum Gasteiger partial charge on any atom is 0.308 e. The lowest BCUT2D eigenvalue weighted by Crippen LogP contribution is -2.06. The Morgan fingerprint density at radius 2 is 1.54 bits per heavy atom. The zero-order valence-corrected chi connectivity index (χ0v) is 16.6. The molecular formula is C23H30O3. The quantitative estimate of drug-likeness (QED) is 0.334. The second kappa shape index (κ2) is 9.42. The molecule has 0 amide bonds. The van der Waals surface area contributed by atoms with Crippen molar-refractivity contribution in [3.8, 4) is 11.5 Å². The normalized spacial score (nSPS) is 11.9. The van der Waals surface area contributed by atoms with E-state index in [1.807, 2.05) is 13.0 Å². The van der Waals surface area contributed by atoms with E-state index in [4.69, 9.17) is 9.47 Å². The molecule has 0 spiro atoms. The molecule has 0 aromatic heterocycles. The van der Waals surface area contributed by atoms with Crippen LogP contribution < -0.4 is 9.47 Å². The highest BCUT2D eigenvalue weighted by atomic mass is 16.5. The fourth-order valence-electron chi connectivity index (χ4n) is 3.40. The molecule has 0 aliphatic rings. The summed E-state index contributed by atoms with van der Waals surface area (Å²) in [5.41, 5.74) is 4.71. The Balaban J connectivity index is 2.36. The predicted octanol–water partition coefficient (Wildman–Crippen LogP) is 5.95. The smallest absolute Gasteiger partial charge is 0.308 e. The molecule has 2 aromatic rings. The maximum absolute atomic E-state index is 11.2. The number of carbonyl (C=O) groups is 1. The molecule has 2 aromatic carbocycles. The Morgan fingerprint density at radius 1 is 0.962 bits per heavy atom. The number of unbranched alkanes of at least 4 members (excludes halogenated alkanes) is 2. The fourth-order valence-corrected chi connectivity index (χ4v) is 3.40. The summed E-state index contributed by atoms with van der Waals surface area (Å²) in [6, 6.07) is 12.6. The Hall–Kier alpha value is -2.29. The van der Waals surface area contributed by atoms with Crippen molar-refractivity contribution in [2.45, 2.75) is 59.3 Å². The van der Waals surface area contributed by atoms with Crippen LogP contribution in [0.1, 0.15) is 67.7 Å². The first-order valence-electron chi connectivity index (χ1n) is 9.39. The second-order valence-electron chi connectivity index (χ2n) is 6.90. The fraction of sp³-hybridized carbons (Fsp3) is 0.435. The summed E-state index contributed by atoms with van der Waals surface area (Å²) in [6.45, 7) is 7.73. The van der Waals surface area contributed by atoms with Crippen LogP contribution >= 0.6 is 0 Å². The van der Waals surface area contributed by atoms with Gasteiger partial charge in [0.2, 0.25) is 0 Å². The molecule has 2 rings (SSSR count). The summed E-state index contributed by atoms with van der Waals surface area (Å²) in [4.78, 5) is 11.2. The first-order chi connectivity index (χ1) is 12.5. The van der Waals surface area contributed by atoms with Gasteiger partial charge in [-0.15, -0.1) is 0 Å². The van der Waals surface area contributed by atoms with Crippen LogP contribution in [-0.2, 0) is 4.79 Å². The van der Waals surface area contributed by atoms with Crippen LogP contribution in [0.4, 0.5) is 0 Å². The lowest BCUT2D eigenvalue weighted by atomic mass is 9.85. The minimum Gasteiger partial charge on any atom is -0.496 e. The number of ether oxygens (including phenoxy) is 2. The van der Waals surface area contributed by atoms with Gasteiger partial charge in [-0.3, -0.25) is 4.79 Å². The molecule has 3 heteroatoms. The van der Waals surface area contributed by atoms with Crippen molar-refractivity contribution in [2.24, 2.45) is 0 Å². The van der Waals surface area contributed by atoms with E-state index in [9.17, 15) is 4.79 Å². The first kappa shape index (κ1) is 20.0. The van der Waals surface area contributed by atoms with Gasteiger partial charge in [-0.25, -0.2) is 0 Å². The van der Waals surface area contributed by atoms with Crippen LogP contribution in [-0.4, -0.2) is 13.1 Å². The Bertz CT molecular complexity index is 749. The number of esters is 1. The predicted molar refractivity (Wildman–Crippen MR) is 106 cm³/mol. The molecule has 0 saturated heterocycles. The lowest BCUT2D eigenvalue weighted by molar-refractivity contribution is -0.131. The van der Waals surface area contributed by atoms with Gasteiger partial charge in [0.15, 0.2) is 0 Å². The standard InChI is InChI=1S/C23H30O3/c1-6-7-8-9-21(19-10-12-22(25-5)16(2)14-19)20-11-13-23(17(3)15-20)26-18(4)24/h10-15,21H,6-9H2,1-5H3. The van der Waals surface area contributed by atoms with Crippen molar-refractivity contribution >= 4 is 5.97 Å². The van der Waals surface area contributed by atoms with Crippen molar-refractivity contribution in [1.82, 2.24) is 0 Å². The van der Waals surface area contributed by atoms with Crippen LogP contribution in [0.25, 0.3) is 0 Å². The molecule has 1 unspecified atom stereocenters. The average molecular weight is 354 g/mol. The van der Waals surface area contributed by atoms with Gasteiger partial charge in [0.25, 0.3) is 0 Å². The number of hydrogen-bond acceptors (Lipinski definition) is 3. The van der Waals surface area contributed by atoms with E-state index in [2.05, 4.69) is 44.2 Å². The number of carbonyl (C=O) groups excluding carboxylic acids is 1. The summed E-state index contributed by atoms with van der Waals surface area (Å²) < 4.78 is 10.7. The molecule has 0 aliphatic heterocycles. The lowest BCUT2D eigenvalue weighted by Gasteiger charge is -2.20. The highest BCUT2D eigenvalue weighted by Crippen LogP contribution is 2.34. The number of aryl methyl sites for hydroxylation is 2. The number of benzene rings is 2. The van der Waals surface area contributed by atoms with Crippen molar-refractivity contribution in [3.63, 3.8) is 0 Å². The van der Waals surface area contributed by atoms with Gasteiger partial charge in [-0.1, -0.05) is 50.5 Å². The molecular weight excluding hydrogens is 324 g/mol. The summed E-state index contributed by atoms with van der Waals surface area (Å²) in [5, 5.41) is 0. The molecule has 0 N–H and O–H groups in total. The molecule has 3 nitrogen and oxygen atoms in total. The third-order valence-electron chi connectivity index (χ3n) is 4.77. The summed E-state index contributed by atoms with van der Waals surface area (Å²) >= 11 is 0. The highest BCUT2D eigenvalue weighted by Gasteiger charge is 2.17. The average Bonchev–Trinajstić information content (AvgIpc) is 2.60. The van der Waals surface area contributed by atoms with E-state index < -0.39 is 0 Å². The van der Waals surface area contributed by atoms with Gasteiger partial charge < -0.3 is 9.47 Å². The van der Waals surface area contributed by atoms with Gasteiger partial charge in [0.05, 0.1) is 7.11 Å². The third kappa shape index (κ3) is 5.10. The molecule has 0 aliphatic carbocycles. The number of methoxy groups -OCH3 is 1. The van der Waals surface area contributed by atoms with Crippen LogP contribution in [0, 0.1) is 13.8 Å². The monoisotopic (exact) mass is 354 g/mol. The van der Waals surface area contributed by atoms with E-state index in [1.54, 1.807) is 7.11 Å². The molecule has 0 saturated carbocycles. The van der Waals surface area contributed by atoms with Crippen molar-refractivity contribution in [1.29, 1.82) is 0 Å². The zero-order valence-electron chi connectivity index (χ0n) is 16.6. The molecule has 0 fully saturated rings. The van der Waals surface area contributed by atoms with E-state index in [0.29, 0.717) is 11.7 Å². The van der Waals surface area contributed by atoms with Gasteiger partial charge in [-0.05, 0) is 54.7 Å². The van der Waals surface area contributed by atoms with Gasteiger partial charge >= 0.3 is 5.97 Å². The third-order valence-corrected chi connectivity index (χ3v) is 4.77. The number of hydrogen-bond donors (Lipinski definition) is 0. The summed E-state index contributed by atoms with van der Waals surface area (Å²) in [7, 11) is 1.71. The van der Waals surface area contributed by atoms with Crippen LogP contribution in [0.2, 0.25) is 0 Å². The van der Waals surface area contributed by atoms with E-state index in [1.165, 1.54) is 37.3 Å². The van der Waals surface area contributed by atoms with Gasteiger partial charge in [-0.2, -0.15) is 0 Å². The van der Waals surface area contributed by atoms with Crippen LogP contribution in [0.15, 0.2) is 36.4 Å².